The summed E-state index contributed by atoms with van der Waals surface area (Å²) >= 11 is 0. The number of aromatic carboxylic acids is 1. The van der Waals surface area contributed by atoms with Gasteiger partial charge in [-0.3, -0.25) is 0 Å². The summed E-state index contributed by atoms with van der Waals surface area (Å²) in [6.45, 7) is 1.79. The second-order valence-electron chi connectivity index (χ2n) is 3.14. The van der Waals surface area contributed by atoms with Crippen LogP contribution in [0.3, 0.4) is 0 Å². The van der Waals surface area contributed by atoms with Crippen molar-refractivity contribution in [1.29, 1.82) is 0 Å². The molecule has 3 heteroatoms. The molecule has 1 heterocycles. The molecule has 1 aromatic carbocycles. The molecule has 14 heavy (non-hydrogen) atoms. The Morgan fingerprint density at radius 3 is 2.79 bits per heavy atom. The van der Waals surface area contributed by atoms with Crippen LogP contribution in [0.25, 0.3) is 10.8 Å². The van der Waals surface area contributed by atoms with E-state index in [-0.39, 0.29) is 5.69 Å². The van der Waals surface area contributed by atoms with E-state index >= 15 is 0 Å². The fourth-order valence-corrected chi connectivity index (χ4v) is 1.50. The first-order valence-electron chi connectivity index (χ1n) is 4.28. The fraction of sp³-hybridized carbons (Fsp3) is 0.0909. The lowest BCUT2D eigenvalue weighted by Gasteiger charge is -2.02. The maximum absolute atomic E-state index is 10.9. The van der Waals surface area contributed by atoms with Crippen LogP contribution in [0.15, 0.2) is 30.3 Å². The van der Waals surface area contributed by atoms with Crippen molar-refractivity contribution in [3.63, 3.8) is 0 Å². The molecule has 1 N–H and O–H groups in total. The van der Waals surface area contributed by atoms with Gasteiger partial charge in [0, 0.05) is 11.1 Å². The van der Waals surface area contributed by atoms with Gasteiger partial charge in [-0.25, -0.2) is 9.78 Å². The smallest absolute Gasteiger partial charge is 0.355 e. The van der Waals surface area contributed by atoms with Crippen LogP contribution in [0.5, 0.6) is 0 Å². The number of hydrogen-bond donors (Lipinski definition) is 1. The normalized spacial score (nSPS) is 10.4. The predicted molar refractivity (Wildman–Crippen MR) is 53.4 cm³/mol. The second-order valence-corrected chi connectivity index (χ2v) is 3.14. The Labute approximate surface area is 81.0 Å². The van der Waals surface area contributed by atoms with Crippen LogP contribution in [-0.2, 0) is 0 Å². The van der Waals surface area contributed by atoms with Crippen molar-refractivity contribution < 1.29 is 9.90 Å². The number of carboxylic acid groups (broad SMARTS) is 1. The molecule has 0 fully saturated rings. The van der Waals surface area contributed by atoms with Gasteiger partial charge in [-0.05, 0) is 18.4 Å². The lowest BCUT2D eigenvalue weighted by atomic mass is 10.1. The molecule has 1 aromatic heterocycles. The molecule has 0 atom stereocenters. The third-order valence-electron chi connectivity index (χ3n) is 2.07. The average molecular weight is 187 g/mol. The summed E-state index contributed by atoms with van der Waals surface area (Å²) in [5.74, 6) is -0.982. The monoisotopic (exact) mass is 187 g/mol. The maximum Gasteiger partial charge on any atom is 0.355 e. The minimum atomic E-state index is -0.982. The third-order valence-corrected chi connectivity index (χ3v) is 2.07. The van der Waals surface area contributed by atoms with Crippen LogP contribution in [0.1, 0.15) is 16.2 Å². The summed E-state index contributed by atoms with van der Waals surface area (Å²) < 4.78 is 0. The molecule has 0 aliphatic heterocycles. The maximum atomic E-state index is 10.9. The molecule has 0 radical (unpaired) electrons. The molecule has 3 nitrogen and oxygen atoms in total. The highest BCUT2D eigenvalue weighted by molar-refractivity contribution is 6.01. The molecule has 0 saturated carbocycles. The van der Waals surface area contributed by atoms with Gasteiger partial charge < -0.3 is 5.11 Å². The Morgan fingerprint density at radius 2 is 2.07 bits per heavy atom. The number of fused-ring (bicyclic) bond motifs is 1. The Bertz CT molecular complexity index is 506. The fourth-order valence-electron chi connectivity index (χ4n) is 1.50. The van der Waals surface area contributed by atoms with Gasteiger partial charge in [-0.1, -0.05) is 24.3 Å². The Balaban J connectivity index is 2.87. The number of carbonyl (C=O) groups is 1. The van der Waals surface area contributed by atoms with Gasteiger partial charge in [-0.2, -0.15) is 0 Å². The minimum Gasteiger partial charge on any atom is -0.476 e. The number of benzene rings is 1. The predicted octanol–water partition coefficient (Wildman–Crippen LogP) is 2.24. The molecule has 0 amide bonds. The van der Waals surface area contributed by atoms with E-state index in [1.807, 2.05) is 24.3 Å². The number of pyridine rings is 1. The van der Waals surface area contributed by atoms with Gasteiger partial charge in [0.1, 0.15) is 0 Å². The first-order chi connectivity index (χ1) is 6.68. The van der Waals surface area contributed by atoms with Crippen LogP contribution < -0.4 is 0 Å². The zero-order valence-corrected chi connectivity index (χ0v) is 7.69. The highest BCUT2D eigenvalue weighted by Crippen LogP contribution is 2.17. The highest BCUT2D eigenvalue weighted by Gasteiger charge is 2.09. The van der Waals surface area contributed by atoms with E-state index in [2.05, 4.69) is 4.98 Å². The summed E-state index contributed by atoms with van der Waals surface area (Å²) in [6.07, 6.45) is 0. The molecule has 70 valence electrons. The summed E-state index contributed by atoms with van der Waals surface area (Å²) in [5, 5.41) is 10.5. The van der Waals surface area contributed by atoms with Crippen molar-refractivity contribution in [2.45, 2.75) is 6.92 Å². The summed E-state index contributed by atoms with van der Waals surface area (Å²) in [6, 6.07) is 9.22. The summed E-state index contributed by atoms with van der Waals surface area (Å²) in [5.41, 5.74) is 0.849. The Morgan fingerprint density at radius 1 is 1.36 bits per heavy atom. The van der Waals surface area contributed by atoms with Gasteiger partial charge in [-0.15, -0.1) is 0 Å². The molecule has 2 aromatic rings. The van der Waals surface area contributed by atoms with Gasteiger partial charge in [0.15, 0.2) is 5.69 Å². The summed E-state index contributed by atoms with van der Waals surface area (Å²) in [7, 11) is 0. The molecule has 0 aliphatic carbocycles. The lowest BCUT2D eigenvalue weighted by Crippen LogP contribution is -2.02. The SMILES string of the molecule is Cc1cc2ccccc2c(C(=O)O)n1. The van der Waals surface area contributed by atoms with Crippen LogP contribution in [0, 0.1) is 6.92 Å². The van der Waals surface area contributed by atoms with Crippen molar-refractivity contribution >= 4 is 16.7 Å². The van der Waals surface area contributed by atoms with Gasteiger partial charge >= 0.3 is 5.97 Å². The number of aryl methyl sites for hydroxylation is 1. The molecule has 0 unspecified atom stereocenters. The van der Waals surface area contributed by atoms with Crippen LogP contribution >= 0.6 is 0 Å². The van der Waals surface area contributed by atoms with Gasteiger partial charge in [0.25, 0.3) is 0 Å². The molecular formula is C11H9NO2. The van der Waals surface area contributed by atoms with Crippen molar-refractivity contribution in [1.82, 2.24) is 4.98 Å². The van der Waals surface area contributed by atoms with Crippen molar-refractivity contribution in [3.05, 3.63) is 41.7 Å². The zero-order valence-electron chi connectivity index (χ0n) is 7.69. The van der Waals surface area contributed by atoms with Crippen molar-refractivity contribution in [2.75, 3.05) is 0 Å². The quantitative estimate of drug-likeness (QED) is 0.744. The second kappa shape index (κ2) is 3.10. The molecule has 2 rings (SSSR count). The van der Waals surface area contributed by atoms with Crippen LogP contribution in [0.2, 0.25) is 0 Å². The van der Waals surface area contributed by atoms with Gasteiger partial charge in [0.05, 0.1) is 0 Å². The third kappa shape index (κ3) is 1.33. The van der Waals surface area contributed by atoms with E-state index in [4.69, 9.17) is 5.11 Å². The van der Waals surface area contributed by atoms with Crippen molar-refractivity contribution in [2.24, 2.45) is 0 Å². The molecular weight excluding hydrogens is 178 g/mol. The number of rotatable bonds is 1. The minimum absolute atomic E-state index is 0.126. The van der Waals surface area contributed by atoms with E-state index in [1.165, 1.54) is 0 Å². The number of carboxylic acids is 1. The standard InChI is InChI=1S/C11H9NO2/c1-7-6-8-4-2-3-5-9(8)10(12-7)11(13)14/h2-6H,1H3,(H,13,14). The topological polar surface area (TPSA) is 50.2 Å². The summed E-state index contributed by atoms with van der Waals surface area (Å²) in [4.78, 5) is 14.9. The Hall–Kier alpha value is -1.90. The van der Waals surface area contributed by atoms with E-state index in [9.17, 15) is 4.79 Å². The average Bonchev–Trinajstić information content (AvgIpc) is 2.16. The zero-order chi connectivity index (χ0) is 10.1. The first kappa shape index (κ1) is 8.69. The Kier molecular flexibility index (Phi) is 1.93. The molecule has 0 bridgehead atoms. The van der Waals surface area contributed by atoms with E-state index < -0.39 is 5.97 Å². The van der Waals surface area contributed by atoms with Crippen LogP contribution in [-0.4, -0.2) is 16.1 Å². The van der Waals surface area contributed by atoms with E-state index in [0.29, 0.717) is 5.39 Å². The van der Waals surface area contributed by atoms with Gasteiger partial charge in [0.2, 0.25) is 0 Å². The van der Waals surface area contributed by atoms with E-state index in [0.717, 1.165) is 11.1 Å². The van der Waals surface area contributed by atoms with Crippen LogP contribution in [0.4, 0.5) is 0 Å². The van der Waals surface area contributed by atoms with Crippen molar-refractivity contribution in [3.8, 4) is 0 Å². The number of nitrogens with zero attached hydrogens (tertiary/aromatic N) is 1. The highest BCUT2D eigenvalue weighted by atomic mass is 16.4. The first-order valence-corrected chi connectivity index (χ1v) is 4.28. The van der Waals surface area contributed by atoms with E-state index in [1.54, 1.807) is 13.0 Å². The largest absolute Gasteiger partial charge is 0.476 e. The lowest BCUT2D eigenvalue weighted by molar-refractivity contribution is 0.0692. The number of aromatic nitrogens is 1. The molecule has 0 aliphatic rings. The molecule has 0 spiro atoms. The molecule has 0 saturated heterocycles. The number of hydrogen-bond acceptors (Lipinski definition) is 2.